The van der Waals surface area contributed by atoms with Gasteiger partial charge < -0.3 is 10.2 Å². The Morgan fingerprint density at radius 3 is 2.84 bits per heavy atom. The SMILES string of the molecule is CCc1ccccc1N1CCCNC(C)(C2CC2)C1. The van der Waals surface area contributed by atoms with Crippen LogP contribution in [-0.4, -0.2) is 25.2 Å². The first kappa shape index (κ1) is 13.0. The molecule has 0 spiro atoms. The Hall–Kier alpha value is -1.02. The summed E-state index contributed by atoms with van der Waals surface area (Å²) in [6.07, 6.45) is 5.19. The van der Waals surface area contributed by atoms with Crippen molar-refractivity contribution in [1.29, 1.82) is 0 Å². The smallest absolute Gasteiger partial charge is 0.0399 e. The monoisotopic (exact) mass is 258 g/mol. The molecule has 1 unspecified atom stereocenters. The molecule has 1 heterocycles. The van der Waals surface area contributed by atoms with Gasteiger partial charge in [0.15, 0.2) is 0 Å². The highest BCUT2D eigenvalue weighted by Gasteiger charge is 2.43. The van der Waals surface area contributed by atoms with Gasteiger partial charge >= 0.3 is 0 Å². The topological polar surface area (TPSA) is 15.3 Å². The predicted octanol–water partition coefficient (Wildman–Crippen LogP) is 3.22. The molecule has 2 heteroatoms. The Balaban J connectivity index is 1.86. The Labute approximate surface area is 117 Å². The number of benzene rings is 1. The van der Waals surface area contributed by atoms with Crippen molar-refractivity contribution in [3.05, 3.63) is 29.8 Å². The summed E-state index contributed by atoms with van der Waals surface area (Å²) in [5, 5.41) is 3.82. The molecule has 19 heavy (non-hydrogen) atoms. The second-order valence-electron chi connectivity index (χ2n) is 6.38. The van der Waals surface area contributed by atoms with Gasteiger partial charge in [-0.25, -0.2) is 0 Å². The normalized spacial score (nSPS) is 28.2. The molecule has 2 aliphatic rings. The molecule has 0 aromatic heterocycles. The minimum Gasteiger partial charge on any atom is -0.369 e. The molecule has 0 amide bonds. The number of hydrogen-bond donors (Lipinski definition) is 1. The van der Waals surface area contributed by atoms with Gasteiger partial charge in [0.2, 0.25) is 0 Å². The lowest BCUT2D eigenvalue weighted by molar-refractivity contribution is 0.331. The number of nitrogens with zero attached hydrogens (tertiary/aromatic N) is 1. The zero-order valence-corrected chi connectivity index (χ0v) is 12.3. The Morgan fingerprint density at radius 2 is 2.11 bits per heavy atom. The fraction of sp³-hybridized carbons (Fsp3) is 0.647. The van der Waals surface area contributed by atoms with Crippen molar-refractivity contribution in [3.8, 4) is 0 Å². The van der Waals surface area contributed by atoms with Crippen molar-refractivity contribution < 1.29 is 0 Å². The number of anilines is 1. The highest BCUT2D eigenvalue weighted by Crippen LogP contribution is 2.41. The van der Waals surface area contributed by atoms with Crippen LogP contribution in [0.3, 0.4) is 0 Å². The summed E-state index contributed by atoms with van der Waals surface area (Å²) in [5.74, 6) is 0.891. The maximum atomic E-state index is 3.82. The molecule has 0 radical (unpaired) electrons. The van der Waals surface area contributed by atoms with Crippen molar-refractivity contribution in [2.75, 3.05) is 24.5 Å². The number of hydrogen-bond acceptors (Lipinski definition) is 2. The summed E-state index contributed by atoms with van der Waals surface area (Å²) in [4.78, 5) is 2.62. The van der Waals surface area contributed by atoms with E-state index in [9.17, 15) is 0 Å². The van der Waals surface area contributed by atoms with Gasteiger partial charge in [0.1, 0.15) is 0 Å². The van der Waals surface area contributed by atoms with E-state index in [2.05, 4.69) is 48.3 Å². The third kappa shape index (κ3) is 2.64. The molecule has 1 atom stereocenters. The van der Waals surface area contributed by atoms with Gasteiger partial charge in [-0.3, -0.25) is 0 Å². The molecular formula is C17H26N2. The van der Waals surface area contributed by atoms with Crippen molar-refractivity contribution >= 4 is 5.69 Å². The zero-order valence-electron chi connectivity index (χ0n) is 12.3. The van der Waals surface area contributed by atoms with Crippen LogP contribution in [0.2, 0.25) is 0 Å². The highest BCUT2D eigenvalue weighted by molar-refractivity contribution is 5.54. The first-order valence-corrected chi connectivity index (χ1v) is 7.81. The highest BCUT2D eigenvalue weighted by atomic mass is 15.2. The van der Waals surface area contributed by atoms with Crippen LogP contribution in [0.25, 0.3) is 0 Å². The largest absolute Gasteiger partial charge is 0.369 e. The second-order valence-corrected chi connectivity index (χ2v) is 6.38. The Bertz CT molecular complexity index is 439. The van der Waals surface area contributed by atoms with E-state index in [0.29, 0.717) is 5.54 Å². The summed E-state index contributed by atoms with van der Waals surface area (Å²) in [7, 11) is 0. The van der Waals surface area contributed by atoms with Crippen molar-refractivity contribution in [1.82, 2.24) is 5.32 Å². The third-order valence-corrected chi connectivity index (χ3v) is 4.84. The standard InChI is InChI=1S/C17H26N2/c1-3-14-7-4-5-8-16(14)19-12-6-11-18-17(2,13-19)15-9-10-15/h4-5,7-8,15,18H,3,6,9-13H2,1-2H3. The summed E-state index contributed by atoms with van der Waals surface area (Å²) in [6.45, 7) is 8.20. The summed E-state index contributed by atoms with van der Waals surface area (Å²) in [5.41, 5.74) is 3.26. The first-order valence-electron chi connectivity index (χ1n) is 7.81. The molecule has 1 aliphatic heterocycles. The van der Waals surface area contributed by atoms with Crippen LogP contribution >= 0.6 is 0 Å². The van der Waals surface area contributed by atoms with E-state index in [0.717, 1.165) is 25.4 Å². The molecule has 104 valence electrons. The third-order valence-electron chi connectivity index (χ3n) is 4.84. The average molecular weight is 258 g/mol. The van der Waals surface area contributed by atoms with E-state index < -0.39 is 0 Å². The van der Waals surface area contributed by atoms with Gasteiger partial charge in [-0.05, 0) is 56.7 Å². The lowest BCUT2D eigenvalue weighted by Gasteiger charge is -2.35. The van der Waals surface area contributed by atoms with Crippen LogP contribution in [0.4, 0.5) is 5.69 Å². The van der Waals surface area contributed by atoms with E-state index in [1.807, 2.05) is 0 Å². The summed E-state index contributed by atoms with van der Waals surface area (Å²) >= 11 is 0. The number of nitrogens with one attached hydrogen (secondary N) is 1. The lowest BCUT2D eigenvalue weighted by atomic mass is 9.94. The summed E-state index contributed by atoms with van der Waals surface area (Å²) < 4.78 is 0. The van der Waals surface area contributed by atoms with Gasteiger partial charge in [0, 0.05) is 24.3 Å². The summed E-state index contributed by atoms with van der Waals surface area (Å²) in [6, 6.07) is 8.93. The molecule has 2 nitrogen and oxygen atoms in total. The second kappa shape index (κ2) is 5.16. The minimum atomic E-state index is 0.317. The number of rotatable bonds is 3. The fourth-order valence-electron chi connectivity index (χ4n) is 3.49. The van der Waals surface area contributed by atoms with Crippen LogP contribution in [0.1, 0.15) is 38.7 Å². The van der Waals surface area contributed by atoms with E-state index in [1.54, 1.807) is 0 Å². The fourth-order valence-corrected chi connectivity index (χ4v) is 3.49. The lowest BCUT2D eigenvalue weighted by Crippen LogP contribution is -2.51. The quantitative estimate of drug-likeness (QED) is 0.895. The Kier molecular flexibility index (Phi) is 3.53. The molecule has 1 aliphatic carbocycles. The Morgan fingerprint density at radius 1 is 1.32 bits per heavy atom. The van der Waals surface area contributed by atoms with Crippen LogP contribution in [0, 0.1) is 5.92 Å². The van der Waals surface area contributed by atoms with E-state index in [-0.39, 0.29) is 0 Å². The van der Waals surface area contributed by atoms with Gasteiger partial charge in [-0.2, -0.15) is 0 Å². The average Bonchev–Trinajstić information content (AvgIpc) is 3.26. The molecule has 1 saturated heterocycles. The molecule has 1 saturated carbocycles. The van der Waals surface area contributed by atoms with E-state index in [4.69, 9.17) is 0 Å². The number of aryl methyl sites for hydroxylation is 1. The first-order chi connectivity index (χ1) is 9.23. The van der Waals surface area contributed by atoms with Gasteiger partial charge in [-0.15, -0.1) is 0 Å². The maximum absolute atomic E-state index is 3.82. The van der Waals surface area contributed by atoms with Crippen LogP contribution in [0.5, 0.6) is 0 Å². The van der Waals surface area contributed by atoms with Crippen molar-refractivity contribution in [2.45, 2.75) is 45.1 Å². The van der Waals surface area contributed by atoms with Crippen LogP contribution in [0.15, 0.2) is 24.3 Å². The van der Waals surface area contributed by atoms with Crippen molar-refractivity contribution in [3.63, 3.8) is 0 Å². The maximum Gasteiger partial charge on any atom is 0.0399 e. The number of para-hydroxylation sites is 1. The molecule has 3 rings (SSSR count). The van der Waals surface area contributed by atoms with Crippen LogP contribution in [-0.2, 0) is 6.42 Å². The van der Waals surface area contributed by atoms with Gasteiger partial charge in [0.05, 0.1) is 0 Å². The predicted molar refractivity (Wildman–Crippen MR) is 81.8 cm³/mol. The molecule has 2 fully saturated rings. The molecule has 0 bridgehead atoms. The molecule has 1 aromatic carbocycles. The van der Waals surface area contributed by atoms with Crippen molar-refractivity contribution in [2.24, 2.45) is 5.92 Å². The van der Waals surface area contributed by atoms with Gasteiger partial charge in [0.25, 0.3) is 0 Å². The molecular weight excluding hydrogens is 232 g/mol. The van der Waals surface area contributed by atoms with Gasteiger partial charge in [-0.1, -0.05) is 25.1 Å². The van der Waals surface area contributed by atoms with E-state index in [1.165, 1.54) is 37.1 Å². The molecule has 1 N–H and O–H groups in total. The van der Waals surface area contributed by atoms with Crippen LogP contribution < -0.4 is 10.2 Å². The van der Waals surface area contributed by atoms with E-state index >= 15 is 0 Å². The molecule has 1 aromatic rings. The zero-order chi connectivity index (χ0) is 13.3. The minimum absolute atomic E-state index is 0.317.